The molecule has 0 fully saturated rings. The van der Waals surface area contributed by atoms with Gasteiger partial charge in [0.05, 0.1) is 5.41 Å². The number of rotatable bonds is 7. The maximum atomic E-state index is 12.3. The zero-order chi connectivity index (χ0) is 16.3. The zero-order valence-corrected chi connectivity index (χ0v) is 14.0. The van der Waals surface area contributed by atoms with Crippen LogP contribution in [0.15, 0.2) is 24.3 Å². The van der Waals surface area contributed by atoms with Crippen molar-refractivity contribution in [3.63, 3.8) is 0 Å². The first-order valence-corrected chi connectivity index (χ1v) is 7.92. The molecule has 1 rings (SSSR count). The predicted octanol–water partition coefficient (Wildman–Crippen LogP) is 5.79. The van der Waals surface area contributed by atoms with Gasteiger partial charge in [-0.2, -0.15) is 0 Å². The fourth-order valence-electron chi connectivity index (χ4n) is 2.66. The number of hydrogen-bond acceptors (Lipinski definition) is 2. The van der Waals surface area contributed by atoms with Gasteiger partial charge in [0.15, 0.2) is 5.75 Å². The summed E-state index contributed by atoms with van der Waals surface area (Å²) in [6, 6.07) is 6.79. The molecule has 0 spiro atoms. The van der Waals surface area contributed by atoms with E-state index in [4.69, 9.17) is 0 Å². The third-order valence-corrected chi connectivity index (χ3v) is 3.50. The van der Waals surface area contributed by atoms with Crippen LogP contribution in [0.25, 0.3) is 0 Å². The van der Waals surface area contributed by atoms with Crippen molar-refractivity contribution in [3.05, 3.63) is 29.8 Å². The van der Waals surface area contributed by atoms with Crippen molar-refractivity contribution >= 4 is 5.78 Å². The van der Waals surface area contributed by atoms with Crippen molar-refractivity contribution < 1.29 is 14.3 Å². The summed E-state index contributed by atoms with van der Waals surface area (Å²) in [4.78, 5) is 15.9. The minimum Gasteiger partial charge on any atom is -0.299 e. The molecule has 120 valence electrons. The van der Waals surface area contributed by atoms with Crippen molar-refractivity contribution in [2.24, 2.45) is 0 Å². The van der Waals surface area contributed by atoms with E-state index in [-0.39, 0.29) is 11.5 Å². The van der Waals surface area contributed by atoms with Gasteiger partial charge in [0.2, 0.25) is 0 Å². The van der Waals surface area contributed by atoms with Gasteiger partial charge in [-0.05, 0) is 37.5 Å². The van der Waals surface area contributed by atoms with Crippen LogP contribution < -0.4 is 4.94 Å². The lowest BCUT2D eigenvalue weighted by atomic mass is 9.71. The van der Waals surface area contributed by atoms with E-state index < -0.39 is 5.41 Å². The van der Waals surface area contributed by atoms with E-state index in [1.165, 1.54) is 6.42 Å². The van der Waals surface area contributed by atoms with Gasteiger partial charge in [0.25, 0.3) is 0 Å². The first-order valence-electron chi connectivity index (χ1n) is 7.92. The third-order valence-electron chi connectivity index (χ3n) is 3.50. The molecule has 0 radical (unpaired) electrons. The van der Waals surface area contributed by atoms with E-state index in [0.29, 0.717) is 0 Å². The highest BCUT2D eigenvalue weighted by molar-refractivity contribution is 5.88. The van der Waals surface area contributed by atoms with Crippen molar-refractivity contribution in [2.45, 2.75) is 72.1 Å². The minimum atomic E-state index is -0.502. The van der Waals surface area contributed by atoms with Crippen LogP contribution in [0.2, 0.25) is 0 Å². The monoisotopic (exact) mass is 296 g/mol. The molecule has 0 unspecified atom stereocenters. The fraction of sp³-hybridized carbons (Fsp3) is 0.611. The predicted molar refractivity (Wildman–Crippen MR) is 86.3 cm³/mol. The first kappa shape index (κ1) is 19.6. The number of carbonyl (C=O) groups is 1. The van der Waals surface area contributed by atoms with E-state index in [0.717, 1.165) is 31.2 Å². The smallest absolute Gasteiger partial charge is 0.172 e. The number of ketones is 1. The van der Waals surface area contributed by atoms with Crippen molar-refractivity contribution in [3.8, 4) is 5.75 Å². The molecule has 0 saturated heterocycles. The third kappa shape index (κ3) is 5.49. The van der Waals surface area contributed by atoms with Crippen LogP contribution in [0.4, 0.5) is 4.53 Å². The van der Waals surface area contributed by atoms with Crippen LogP contribution in [0, 0.1) is 0 Å². The van der Waals surface area contributed by atoms with Crippen LogP contribution in [0.1, 0.15) is 72.3 Å². The van der Waals surface area contributed by atoms with E-state index in [2.05, 4.69) is 32.6 Å². The average Bonchev–Trinajstić information content (AvgIpc) is 2.47. The van der Waals surface area contributed by atoms with E-state index >= 15 is 0 Å². The molecular weight excluding hydrogens is 267 g/mol. The highest BCUT2D eigenvalue weighted by atomic mass is 19.3. The van der Waals surface area contributed by atoms with Crippen LogP contribution >= 0.6 is 0 Å². The Morgan fingerprint density at radius 3 is 2.05 bits per heavy atom. The largest absolute Gasteiger partial charge is 0.299 e. The molecule has 0 heterocycles. The summed E-state index contributed by atoms with van der Waals surface area (Å²) < 4.78 is 12.3. The topological polar surface area (TPSA) is 26.3 Å². The molecule has 0 aliphatic rings. The average molecular weight is 296 g/mol. The Morgan fingerprint density at radius 1 is 1.14 bits per heavy atom. The van der Waals surface area contributed by atoms with Crippen LogP contribution in [-0.4, -0.2) is 5.78 Å². The molecule has 0 aliphatic heterocycles. The van der Waals surface area contributed by atoms with Gasteiger partial charge in [-0.3, -0.25) is 9.74 Å². The second kappa shape index (κ2) is 10.4. The van der Waals surface area contributed by atoms with E-state index in [9.17, 15) is 9.32 Å². The summed E-state index contributed by atoms with van der Waals surface area (Å²) in [6.45, 7) is 9.99. The molecular formula is C18H29FO2. The molecule has 1 aromatic rings. The Hall–Kier alpha value is -1.38. The lowest BCUT2D eigenvalue weighted by Gasteiger charge is -2.31. The Balaban J connectivity index is 0.00000122. The van der Waals surface area contributed by atoms with Crippen LogP contribution in [0.5, 0.6) is 5.75 Å². The van der Waals surface area contributed by atoms with E-state index in [1.54, 1.807) is 25.1 Å². The zero-order valence-electron chi connectivity index (χ0n) is 14.0. The number of Topliss-reactive ketones (excluding diaryl/α,β-unsaturated/α-hetero) is 1. The molecule has 3 heteroatoms. The molecule has 0 bridgehead atoms. The molecule has 0 aromatic heterocycles. The summed E-state index contributed by atoms with van der Waals surface area (Å²) >= 11 is 0. The maximum Gasteiger partial charge on any atom is 0.172 e. The Kier molecular flexibility index (Phi) is 9.68. The number of halogens is 1. The summed E-state index contributed by atoms with van der Waals surface area (Å²) in [6.07, 6.45) is 4.65. The maximum absolute atomic E-state index is 12.3. The molecule has 0 atom stereocenters. The summed E-state index contributed by atoms with van der Waals surface area (Å²) in [5.74, 6) is 0.299. The minimum absolute atomic E-state index is 0.141. The first-order chi connectivity index (χ1) is 10.0. The highest BCUT2D eigenvalue weighted by Crippen LogP contribution is 2.36. The fourth-order valence-corrected chi connectivity index (χ4v) is 2.66. The summed E-state index contributed by atoms with van der Waals surface area (Å²) in [5, 5.41) is 0. The Labute approximate surface area is 128 Å². The standard InChI is InChI=1S/C15H21FO2.C3H8/c1-4-9-15(10-5-2,12(3)17)13-7-6-8-14(11-13)18-16;1-3-2/h6-8,11H,4-5,9-10H2,1-3H3;3H2,1-2H3. The van der Waals surface area contributed by atoms with Gasteiger partial charge in [0.1, 0.15) is 5.78 Å². The van der Waals surface area contributed by atoms with Crippen LogP contribution in [0.3, 0.4) is 0 Å². The second-order valence-corrected chi connectivity index (χ2v) is 5.45. The van der Waals surface area contributed by atoms with Gasteiger partial charge < -0.3 is 0 Å². The SMILES string of the molecule is CCC.CCCC(CCC)(C(C)=O)c1cccc(OF)c1. The van der Waals surface area contributed by atoms with Crippen molar-refractivity contribution in [1.82, 2.24) is 0 Å². The Morgan fingerprint density at radius 2 is 1.67 bits per heavy atom. The van der Waals surface area contributed by atoms with Crippen LogP contribution in [-0.2, 0) is 10.2 Å². The number of hydrogen-bond donors (Lipinski definition) is 0. The summed E-state index contributed by atoms with van der Waals surface area (Å²) in [7, 11) is 0. The molecule has 0 N–H and O–H groups in total. The highest BCUT2D eigenvalue weighted by Gasteiger charge is 2.35. The van der Waals surface area contributed by atoms with Gasteiger partial charge >= 0.3 is 0 Å². The lowest BCUT2D eigenvalue weighted by molar-refractivity contribution is -0.123. The number of benzene rings is 1. The normalized spacial score (nSPS) is 10.6. The summed E-state index contributed by atoms with van der Waals surface area (Å²) in [5.41, 5.74) is 0.353. The lowest BCUT2D eigenvalue weighted by Crippen LogP contribution is -2.34. The van der Waals surface area contributed by atoms with Gasteiger partial charge in [0, 0.05) is 4.53 Å². The number of carbonyl (C=O) groups excluding carboxylic acids is 1. The Bertz CT molecular complexity index is 409. The molecule has 21 heavy (non-hydrogen) atoms. The van der Waals surface area contributed by atoms with Crippen molar-refractivity contribution in [1.29, 1.82) is 0 Å². The van der Waals surface area contributed by atoms with E-state index in [1.807, 2.05) is 6.07 Å². The quantitative estimate of drug-likeness (QED) is 0.636. The molecule has 1 aromatic carbocycles. The molecule has 0 amide bonds. The van der Waals surface area contributed by atoms with Gasteiger partial charge in [-0.1, -0.05) is 59.1 Å². The molecule has 2 nitrogen and oxygen atoms in total. The second-order valence-electron chi connectivity index (χ2n) is 5.45. The molecule has 0 aliphatic carbocycles. The van der Waals surface area contributed by atoms with Crippen molar-refractivity contribution in [2.75, 3.05) is 0 Å². The molecule has 0 saturated carbocycles. The van der Waals surface area contributed by atoms with Gasteiger partial charge in [-0.15, -0.1) is 0 Å². The van der Waals surface area contributed by atoms with Gasteiger partial charge in [-0.25, -0.2) is 0 Å².